The summed E-state index contributed by atoms with van der Waals surface area (Å²) in [6.07, 6.45) is 0. The molecule has 26 heavy (non-hydrogen) atoms. The first kappa shape index (κ1) is 19.8. The van der Waals surface area contributed by atoms with Gasteiger partial charge in [-0.3, -0.25) is 9.59 Å². The maximum atomic E-state index is 12.3. The number of para-hydroxylation sites is 2. The molecule has 0 fully saturated rings. The van der Waals surface area contributed by atoms with Crippen molar-refractivity contribution >= 4 is 34.8 Å². The third kappa shape index (κ3) is 5.49. The Balaban J connectivity index is 1.88. The monoisotopic (exact) mass is 373 g/mol. The molecule has 138 valence electrons. The van der Waals surface area contributed by atoms with Crippen molar-refractivity contribution < 1.29 is 9.59 Å². The number of anilines is 2. The topological polar surface area (TPSA) is 61.4 Å². The van der Waals surface area contributed by atoms with Gasteiger partial charge in [0.1, 0.15) is 0 Å². The summed E-state index contributed by atoms with van der Waals surface area (Å²) < 4.78 is 0. The van der Waals surface area contributed by atoms with E-state index >= 15 is 0 Å². The van der Waals surface area contributed by atoms with Gasteiger partial charge in [-0.1, -0.05) is 55.8 Å². The molecular weight excluding hydrogens is 350 g/mol. The molecule has 0 bridgehead atoms. The summed E-state index contributed by atoms with van der Waals surface area (Å²) in [5.41, 5.74) is 2.62. The quantitative estimate of drug-likeness (QED) is 0.771. The molecule has 0 aliphatic heterocycles. The fraction of sp³-hybridized carbons (Fsp3) is 0.300. The van der Waals surface area contributed by atoms with Crippen LogP contribution in [-0.2, 0) is 9.59 Å². The molecule has 6 heteroatoms. The van der Waals surface area contributed by atoms with Crippen molar-refractivity contribution in [2.24, 2.45) is 0 Å². The Morgan fingerprint density at radius 1 is 1.04 bits per heavy atom. The van der Waals surface area contributed by atoms with Gasteiger partial charge in [-0.25, -0.2) is 0 Å². The predicted octanol–water partition coefficient (Wildman–Crippen LogP) is 3.97. The maximum Gasteiger partial charge on any atom is 0.244 e. The minimum Gasteiger partial charge on any atom is -0.376 e. The molecule has 0 aliphatic carbocycles. The highest BCUT2D eigenvalue weighted by Gasteiger charge is 2.14. The Morgan fingerprint density at radius 2 is 1.65 bits per heavy atom. The average Bonchev–Trinajstić information content (AvgIpc) is 2.61. The summed E-state index contributed by atoms with van der Waals surface area (Å²) in [6.45, 7) is 4.29. The summed E-state index contributed by atoms with van der Waals surface area (Å²) >= 11 is 6.02. The molecule has 0 atom stereocenters. The molecule has 0 saturated carbocycles. The van der Waals surface area contributed by atoms with Gasteiger partial charge >= 0.3 is 0 Å². The summed E-state index contributed by atoms with van der Waals surface area (Å²) in [5, 5.41) is 6.33. The highest BCUT2D eigenvalue weighted by atomic mass is 35.5. The SMILES string of the molecule is CC(C)c1ccccc1NCC(=O)N(C)CC(=O)Nc1ccccc1Cl. The minimum absolute atomic E-state index is 0.0441. The zero-order valence-electron chi connectivity index (χ0n) is 15.3. The van der Waals surface area contributed by atoms with Crippen molar-refractivity contribution in [3.63, 3.8) is 0 Å². The van der Waals surface area contributed by atoms with E-state index in [1.165, 1.54) is 4.90 Å². The van der Waals surface area contributed by atoms with E-state index in [1.54, 1.807) is 31.3 Å². The molecule has 0 unspecified atom stereocenters. The molecule has 0 heterocycles. The van der Waals surface area contributed by atoms with Crippen LogP contribution < -0.4 is 10.6 Å². The third-order valence-electron chi connectivity index (χ3n) is 3.97. The lowest BCUT2D eigenvalue weighted by Gasteiger charge is -2.19. The number of carbonyl (C=O) groups is 2. The zero-order valence-corrected chi connectivity index (χ0v) is 16.0. The van der Waals surface area contributed by atoms with E-state index in [4.69, 9.17) is 11.6 Å². The Hall–Kier alpha value is -2.53. The van der Waals surface area contributed by atoms with Crippen LogP contribution in [0, 0.1) is 0 Å². The number of hydrogen-bond donors (Lipinski definition) is 2. The lowest BCUT2D eigenvalue weighted by molar-refractivity contribution is -0.131. The lowest BCUT2D eigenvalue weighted by Crippen LogP contribution is -2.38. The van der Waals surface area contributed by atoms with Gasteiger partial charge < -0.3 is 15.5 Å². The fourth-order valence-electron chi connectivity index (χ4n) is 2.52. The van der Waals surface area contributed by atoms with E-state index in [2.05, 4.69) is 24.5 Å². The Labute approximate surface area is 159 Å². The smallest absolute Gasteiger partial charge is 0.244 e. The van der Waals surface area contributed by atoms with Gasteiger partial charge in [-0.2, -0.15) is 0 Å². The normalized spacial score (nSPS) is 10.5. The number of rotatable bonds is 7. The largest absolute Gasteiger partial charge is 0.376 e. The van der Waals surface area contributed by atoms with Crippen LogP contribution in [-0.4, -0.2) is 36.9 Å². The molecular formula is C20H24ClN3O2. The Kier molecular flexibility index (Phi) is 7.04. The summed E-state index contributed by atoms with van der Waals surface area (Å²) in [4.78, 5) is 25.8. The van der Waals surface area contributed by atoms with Gasteiger partial charge in [0.05, 0.1) is 23.8 Å². The first-order valence-corrected chi connectivity index (χ1v) is 8.87. The lowest BCUT2D eigenvalue weighted by atomic mass is 10.0. The van der Waals surface area contributed by atoms with Crippen LogP contribution >= 0.6 is 11.6 Å². The second kappa shape index (κ2) is 9.25. The van der Waals surface area contributed by atoms with Crippen molar-refractivity contribution in [2.75, 3.05) is 30.8 Å². The van der Waals surface area contributed by atoms with E-state index in [1.807, 2.05) is 24.3 Å². The average molecular weight is 374 g/mol. The van der Waals surface area contributed by atoms with Crippen LogP contribution in [0.4, 0.5) is 11.4 Å². The highest BCUT2D eigenvalue weighted by Crippen LogP contribution is 2.23. The van der Waals surface area contributed by atoms with Crippen LogP contribution in [0.2, 0.25) is 5.02 Å². The van der Waals surface area contributed by atoms with Gasteiger partial charge in [0, 0.05) is 12.7 Å². The van der Waals surface area contributed by atoms with Gasteiger partial charge in [-0.15, -0.1) is 0 Å². The summed E-state index contributed by atoms with van der Waals surface area (Å²) in [7, 11) is 1.60. The molecule has 2 aromatic rings. The van der Waals surface area contributed by atoms with E-state index < -0.39 is 0 Å². The molecule has 0 spiro atoms. The number of benzene rings is 2. The van der Waals surface area contributed by atoms with Crippen LogP contribution in [0.5, 0.6) is 0 Å². The molecule has 2 aromatic carbocycles. The predicted molar refractivity (Wildman–Crippen MR) is 107 cm³/mol. The second-order valence-electron chi connectivity index (χ2n) is 6.37. The van der Waals surface area contributed by atoms with Crippen LogP contribution in [0.15, 0.2) is 48.5 Å². The Morgan fingerprint density at radius 3 is 2.31 bits per heavy atom. The highest BCUT2D eigenvalue weighted by molar-refractivity contribution is 6.33. The summed E-state index contributed by atoms with van der Waals surface area (Å²) in [5.74, 6) is -0.109. The standard InChI is InChI=1S/C20H24ClN3O2/c1-14(2)15-8-4-6-10-17(15)22-12-20(26)24(3)13-19(25)23-18-11-7-5-9-16(18)21/h4-11,14,22H,12-13H2,1-3H3,(H,23,25). The van der Waals surface area contributed by atoms with Crippen molar-refractivity contribution in [3.8, 4) is 0 Å². The molecule has 2 N–H and O–H groups in total. The fourth-order valence-corrected chi connectivity index (χ4v) is 2.71. The molecule has 0 saturated heterocycles. The van der Waals surface area contributed by atoms with Gasteiger partial charge in [-0.05, 0) is 29.7 Å². The van der Waals surface area contributed by atoms with Gasteiger partial charge in [0.15, 0.2) is 0 Å². The molecule has 5 nitrogen and oxygen atoms in total. The molecule has 0 aromatic heterocycles. The van der Waals surface area contributed by atoms with E-state index in [-0.39, 0.29) is 24.9 Å². The molecule has 0 radical (unpaired) electrons. The third-order valence-corrected chi connectivity index (χ3v) is 4.30. The van der Waals surface area contributed by atoms with Crippen molar-refractivity contribution in [1.29, 1.82) is 0 Å². The minimum atomic E-state index is -0.295. The van der Waals surface area contributed by atoms with Crippen molar-refractivity contribution in [2.45, 2.75) is 19.8 Å². The van der Waals surface area contributed by atoms with E-state index in [0.717, 1.165) is 11.3 Å². The molecule has 2 amide bonds. The number of hydrogen-bond acceptors (Lipinski definition) is 3. The second-order valence-corrected chi connectivity index (χ2v) is 6.78. The van der Waals surface area contributed by atoms with E-state index in [9.17, 15) is 9.59 Å². The summed E-state index contributed by atoms with van der Waals surface area (Å²) in [6, 6.07) is 14.9. The van der Waals surface area contributed by atoms with Crippen molar-refractivity contribution in [1.82, 2.24) is 4.90 Å². The number of likely N-dealkylation sites (N-methyl/N-ethyl adjacent to an activating group) is 1. The van der Waals surface area contributed by atoms with Gasteiger partial charge in [0.25, 0.3) is 0 Å². The number of carbonyl (C=O) groups excluding carboxylic acids is 2. The zero-order chi connectivity index (χ0) is 19.1. The molecule has 0 aliphatic rings. The van der Waals surface area contributed by atoms with E-state index in [0.29, 0.717) is 16.6 Å². The molecule has 2 rings (SSSR count). The first-order valence-electron chi connectivity index (χ1n) is 8.49. The van der Waals surface area contributed by atoms with Crippen LogP contribution in [0.25, 0.3) is 0 Å². The number of amides is 2. The number of halogens is 1. The van der Waals surface area contributed by atoms with Crippen LogP contribution in [0.1, 0.15) is 25.3 Å². The first-order chi connectivity index (χ1) is 12.4. The van der Waals surface area contributed by atoms with Crippen LogP contribution in [0.3, 0.4) is 0 Å². The maximum absolute atomic E-state index is 12.3. The van der Waals surface area contributed by atoms with Crippen molar-refractivity contribution in [3.05, 3.63) is 59.1 Å². The van der Waals surface area contributed by atoms with Gasteiger partial charge in [0.2, 0.25) is 11.8 Å². The Bertz CT molecular complexity index is 777. The number of nitrogens with one attached hydrogen (secondary N) is 2. The number of nitrogens with zero attached hydrogens (tertiary/aromatic N) is 1.